The molecule has 1 spiro atoms. The summed E-state index contributed by atoms with van der Waals surface area (Å²) in [5.41, 5.74) is 7.71. The maximum Gasteiger partial charge on any atom is 0.220 e. The Kier molecular flexibility index (Phi) is 3.61. The molecule has 6 nitrogen and oxygen atoms in total. The Balaban J connectivity index is 1.45. The minimum Gasteiger partial charge on any atom is -0.396 e. The monoisotopic (exact) mass is 316 g/mol. The van der Waals surface area contributed by atoms with Crippen molar-refractivity contribution in [2.45, 2.75) is 43.6 Å². The molecule has 6 heteroatoms. The van der Waals surface area contributed by atoms with E-state index in [1.54, 1.807) is 12.4 Å². The summed E-state index contributed by atoms with van der Waals surface area (Å²) < 4.78 is 0. The van der Waals surface area contributed by atoms with E-state index in [4.69, 9.17) is 5.73 Å². The number of rotatable bonds is 5. The number of primary amides is 1. The number of carbonyl (C=O) groups excluding carboxylic acids is 1. The van der Waals surface area contributed by atoms with Crippen molar-refractivity contribution in [2.24, 2.45) is 23.5 Å². The Labute approximate surface area is 135 Å². The molecule has 3 fully saturated rings. The first-order valence-electron chi connectivity index (χ1n) is 8.58. The number of hydrogen-bond donors (Lipinski definition) is 3. The summed E-state index contributed by atoms with van der Waals surface area (Å²) in [6.07, 6.45) is 8.20. The normalized spacial score (nSPS) is 38.5. The predicted octanol–water partition coefficient (Wildman–Crippen LogP) is 0.358. The second-order valence-corrected chi connectivity index (χ2v) is 7.45. The minimum absolute atomic E-state index is 0.00443. The number of nitrogens with zero attached hydrogens (tertiary/aromatic N) is 2. The first-order chi connectivity index (χ1) is 11.1. The third-order valence-corrected chi connectivity index (χ3v) is 5.97. The summed E-state index contributed by atoms with van der Waals surface area (Å²) in [6.45, 7) is 1.10. The molecule has 1 amide bonds. The predicted molar refractivity (Wildman–Crippen MR) is 84.4 cm³/mol. The molecule has 2 heterocycles. The lowest BCUT2D eigenvalue weighted by Gasteiger charge is -2.30. The summed E-state index contributed by atoms with van der Waals surface area (Å²) in [5, 5.41) is 12.9. The van der Waals surface area contributed by atoms with E-state index in [-0.39, 0.29) is 24.0 Å². The summed E-state index contributed by atoms with van der Waals surface area (Å²) >= 11 is 0. The smallest absolute Gasteiger partial charge is 0.220 e. The highest BCUT2D eigenvalue weighted by Gasteiger charge is 2.56. The molecule has 1 saturated heterocycles. The zero-order valence-corrected chi connectivity index (χ0v) is 13.2. The van der Waals surface area contributed by atoms with Crippen LogP contribution in [0.3, 0.4) is 0 Å². The average Bonchev–Trinajstić information content (AvgIpc) is 3.46. The molecule has 2 aliphatic carbocycles. The highest BCUT2D eigenvalue weighted by atomic mass is 16.3. The van der Waals surface area contributed by atoms with E-state index >= 15 is 0 Å². The van der Waals surface area contributed by atoms with Crippen LogP contribution in [0.4, 0.5) is 0 Å². The van der Waals surface area contributed by atoms with Gasteiger partial charge in [0.15, 0.2) is 0 Å². The van der Waals surface area contributed by atoms with Gasteiger partial charge in [-0.3, -0.25) is 14.8 Å². The molecule has 4 N–H and O–H groups in total. The number of nitrogens with two attached hydrogens (primary N) is 1. The summed E-state index contributed by atoms with van der Waals surface area (Å²) in [4.78, 5) is 20.6. The number of piperidine rings is 1. The fraction of sp³-hybridized carbons (Fsp3) is 0.706. The molecule has 1 aromatic heterocycles. The van der Waals surface area contributed by atoms with E-state index < -0.39 is 0 Å². The zero-order valence-electron chi connectivity index (χ0n) is 13.2. The largest absolute Gasteiger partial charge is 0.396 e. The Hall–Kier alpha value is -1.53. The highest BCUT2D eigenvalue weighted by molar-refractivity contribution is 5.77. The van der Waals surface area contributed by atoms with Crippen LogP contribution in [0.15, 0.2) is 12.4 Å². The maximum atomic E-state index is 11.5. The van der Waals surface area contributed by atoms with Crippen LogP contribution in [0.1, 0.15) is 43.0 Å². The molecule has 1 aliphatic heterocycles. The number of nitrogens with one attached hydrogen (secondary N) is 1. The highest BCUT2D eigenvalue weighted by Crippen LogP contribution is 2.53. The molecule has 23 heavy (non-hydrogen) atoms. The van der Waals surface area contributed by atoms with E-state index in [1.165, 1.54) is 0 Å². The quantitative estimate of drug-likeness (QED) is 0.728. The maximum absolute atomic E-state index is 11.5. The average molecular weight is 316 g/mol. The molecule has 4 rings (SSSR count). The summed E-state index contributed by atoms with van der Waals surface area (Å²) in [7, 11) is 0. The van der Waals surface area contributed by atoms with Crippen LogP contribution in [-0.4, -0.2) is 39.7 Å². The molecule has 3 aliphatic rings. The Morgan fingerprint density at radius 1 is 1.39 bits per heavy atom. The fourth-order valence-electron chi connectivity index (χ4n) is 4.33. The zero-order chi connectivity index (χ0) is 16.0. The van der Waals surface area contributed by atoms with Crippen molar-refractivity contribution < 1.29 is 9.90 Å². The molecule has 2 saturated carbocycles. The second kappa shape index (κ2) is 5.53. The Morgan fingerprint density at radius 2 is 2.22 bits per heavy atom. The lowest BCUT2D eigenvalue weighted by molar-refractivity contribution is -0.123. The van der Waals surface area contributed by atoms with Crippen molar-refractivity contribution in [3.8, 4) is 0 Å². The second-order valence-electron chi connectivity index (χ2n) is 7.45. The number of amides is 1. The van der Waals surface area contributed by atoms with Gasteiger partial charge in [-0.2, -0.15) is 0 Å². The SMILES string of the molecule is NC(=O)C1CCNC2(C1)CC2Cc1nccnc1[C@@H]1C[C@H]1CO. The van der Waals surface area contributed by atoms with Gasteiger partial charge >= 0.3 is 0 Å². The van der Waals surface area contributed by atoms with Crippen molar-refractivity contribution in [3.63, 3.8) is 0 Å². The van der Waals surface area contributed by atoms with Gasteiger partial charge in [-0.15, -0.1) is 0 Å². The standard InChI is InChI=1S/C17H24N4O2/c18-16(23)10-1-2-21-17(7-10)8-12(17)6-14-15(20-4-3-19-14)13-5-11(13)9-22/h3-4,10-13,21-22H,1-2,5-9H2,(H2,18,23)/t10?,11-,12?,13+,17?/m0/s1. The molecule has 5 atom stereocenters. The van der Waals surface area contributed by atoms with Crippen LogP contribution < -0.4 is 11.1 Å². The molecular formula is C17H24N4O2. The van der Waals surface area contributed by atoms with Crippen LogP contribution in [-0.2, 0) is 11.2 Å². The van der Waals surface area contributed by atoms with Gasteiger partial charge in [0.05, 0.1) is 11.4 Å². The number of aliphatic hydroxyl groups is 1. The summed E-state index contributed by atoms with van der Waals surface area (Å²) in [5.74, 6) is 1.07. The van der Waals surface area contributed by atoms with Gasteiger partial charge in [0.1, 0.15) is 0 Å². The molecule has 0 aromatic carbocycles. The third-order valence-electron chi connectivity index (χ3n) is 5.97. The van der Waals surface area contributed by atoms with E-state index in [0.29, 0.717) is 17.8 Å². The van der Waals surface area contributed by atoms with Crippen molar-refractivity contribution in [1.82, 2.24) is 15.3 Å². The Bertz CT molecular complexity index is 622. The van der Waals surface area contributed by atoms with Crippen LogP contribution in [0.5, 0.6) is 0 Å². The first-order valence-corrected chi connectivity index (χ1v) is 8.58. The van der Waals surface area contributed by atoms with Gasteiger partial charge in [0.2, 0.25) is 5.91 Å². The van der Waals surface area contributed by atoms with Crippen LogP contribution >= 0.6 is 0 Å². The van der Waals surface area contributed by atoms with Gasteiger partial charge in [-0.1, -0.05) is 0 Å². The van der Waals surface area contributed by atoms with Crippen molar-refractivity contribution in [3.05, 3.63) is 23.8 Å². The van der Waals surface area contributed by atoms with Crippen molar-refractivity contribution in [2.75, 3.05) is 13.2 Å². The lowest BCUT2D eigenvalue weighted by atomic mass is 9.88. The number of carbonyl (C=O) groups is 1. The third kappa shape index (κ3) is 2.74. The molecule has 0 bridgehead atoms. The lowest BCUT2D eigenvalue weighted by Crippen LogP contribution is -2.45. The number of hydrogen-bond acceptors (Lipinski definition) is 5. The Morgan fingerprint density at radius 3 is 2.96 bits per heavy atom. The fourth-order valence-corrected chi connectivity index (χ4v) is 4.33. The number of aliphatic hydroxyl groups excluding tert-OH is 1. The molecule has 124 valence electrons. The van der Waals surface area contributed by atoms with Crippen LogP contribution in [0.2, 0.25) is 0 Å². The van der Waals surface area contributed by atoms with E-state index in [0.717, 1.165) is 50.0 Å². The van der Waals surface area contributed by atoms with Crippen molar-refractivity contribution in [1.29, 1.82) is 0 Å². The first kappa shape index (κ1) is 15.0. The number of aromatic nitrogens is 2. The topological polar surface area (TPSA) is 101 Å². The van der Waals surface area contributed by atoms with E-state index in [1.807, 2.05) is 0 Å². The minimum atomic E-state index is -0.166. The molecular weight excluding hydrogens is 292 g/mol. The van der Waals surface area contributed by atoms with E-state index in [2.05, 4.69) is 15.3 Å². The van der Waals surface area contributed by atoms with Crippen molar-refractivity contribution >= 4 is 5.91 Å². The van der Waals surface area contributed by atoms with Gasteiger partial charge in [-0.25, -0.2) is 0 Å². The van der Waals surface area contributed by atoms with Crippen LogP contribution in [0, 0.1) is 17.8 Å². The van der Waals surface area contributed by atoms with Crippen LogP contribution in [0.25, 0.3) is 0 Å². The molecule has 3 unspecified atom stereocenters. The molecule has 1 aromatic rings. The van der Waals surface area contributed by atoms with E-state index in [9.17, 15) is 9.90 Å². The van der Waals surface area contributed by atoms with Gasteiger partial charge in [0.25, 0.3) is 0 Å². The van der Waals surface area contributed by atoms with Gasteiger partial charge < -0.3 is 16.2 Å². The van der Waals surface area contributed by atoms with Gasteiger partial charge in [-0.05, 0) is 50.5 Å². The van der Waals surface area contributed by atoms with Gasteiger partial charge in [0, 0.05) is 36.4 Å². The summed E-state index contributed by atoms with van der Waals surface area (Å²) in [6, 6.07) is 0. The molecule has 0 radical (unpaired) electrons.